The molecule has 2 unspecified atom stereocenters. The Labute approximate surface area is 109 Å². The first kappa shape index (κ1) is 13.5. The first-order valence-corrected chi connectivity index (χ1v) is 6.83. The SMILES string of the molecule is Cn1ncnc1CC(NN)C1CCCCC1(C)C. The molecule has 0 bridgehead atoms. The summed E-state index contributed by atoms with van der Waals surface area (Å²) in [6.07, 6.45) is 7.64. The molecule has 0 spiro atoms. The molecule has 5 heteroatoms. The van der Waals surface area contributed by atoms with Gasteiger partial charge < -0.3 is 0 Å². The van der Waals surface area contributed by atoms with Crippen LogP contribution in [-0.4, -0.2) is 20.8 Å². The highest BCUT2D eigenvalue weighted by atomic mass is 15.3. The molecule has 3 N–H and O–H groups in total. The quantitative estimate of drug-likeness (QED) is 0.627. The zero-order valence-electron chi connectivity index (χ0n) is 11.7. The lowest BCUT2D eigenvalue weighted by Gasteiger charge is -2.43. The van der Waals surface area contributed by atoms with Crippen LogP contribution in [0.1, 0.15) is 45.4 Å². The van der Waals surface area contributed by atoms with Crippen LogP contribution in [0.2, 0.25) is 0 Å². The van der Waals surface area contributed by atoms with Gasteiger partial charge in [0.2, 0.25) is 0 Å². The van der Waals surface area contributed by atoms with Crippen LogP contribution < -0.4 is 11.3 Å². The average Bonchev–Trinajstić information content (AvgIpc) is 2.72. The fraction of sp³-hybridized carbons (Fsp3) is 0.846. The molecule has 1 aromatic heterocycles. The molecule has 18 heavy (non-hydrogen) atoms. The highest BCUT2D eigenvalue weighted by Gasteiger charge is 2.37. The van der Waals surface area contributed by atoms with Gasteiger partial charge in [0.15, 0.2) is 0 Å². The summed E-state index contributed by atoms with van der Waals surface area (Å²) >= 11 is 0. The zero-order valence-corrected chi connectivity index (χ0v) is 11.7. The summed E-state index contributed by atoms with van der Waals surface area (Å²) < 4.78 is 1.83. The number of hydrogen-bond acceptors (Lipinski definition) is 4. The fourth-order valence-corrected chi connectivity index (χ4v) is 3.29. The topological polar surface area (TPSA) is 68.8 Å². The minimum Gasteiger partial charge on any atom is -0.271 e. The van der Waals surface area contributed by atoms with E-state index in [1.165, 1.54) is 25.7 Å². The number of aryl methyl sites for hydroxylation is 1. The van der Waals surface area contributed by atoms with Crippen LogP contribution in [0.25, 0.3) is 0 Å². The summed E-state index contributed by atoms with van der Waals surface area (Å²) in [6, 6.07) is 0.281. The predicted octanol–water partition coefficient (Wildman–Crippen LogP) is 1.41. The van der Waals surface area contributed by atoms with Crippen LogP contribution in [0, 0.1) is 11.3 Å². The van der Waals surface area contributed by atoms with Crippen molar-refractivity contribution in [1.29, 1.82) is 0 Å². The van der Waals surface area contributed by atoms with E-state index < -0.39 is 0 Å². The van der Waals surface area contributed by atoms with Gasteiger partial charge in [-0.15, -0.1) is 0 Å². The fourth-order valence-electron chi connectivity index (χ4n) is 3.29. The van der Waals surface area contributed by atoms with E-state index in [-0.39, 0.29) is 6.04 Å². The van der Waals surface area contributed by atoms with Crippen molar-refractivity contribution in [2.75, 3.05) is 0 Å². The Morgan fingerprint density at radius 1 is 1.56 bits per heavy atom. The molecule has 0 radical (unpaired) electrons. The van der Waals surface area contributed by atoms with Crippen molar-refractivity contribution < 1.29 is 0 Å². The standard InChI is InChI=1S/C13H25N5/c1-13(2)7-5-4-6-10(13)11(17-14)8-12-15-9-16-18(12)3/h9-11,17H,4-8,14H2,1-3H3. The smallest absolute Gasteiger partial charge is 0.138 e. The van der Waals surface area contributed by atoms with Crippen LogP contribution in [0.15, 0.2) is 6.33 Å². The Hall–Kier alpha value is -0.940. The zero-order chi connectivity index (χ0) is 13.2. The first-order valence-electron chi connectivity index (χ1n) is 6.83. The van der Waals surface area contributed by atoms with Crippen molar-refractivity contribution in [1.82, 2.24) is 20.2 Å². The second kappa shape index (κ2) is 5.36. The predicted molar refractivity (Wildman–Crippen MR) is 71.6 cm³/mol. The van der Waals surface area contributed by atoms with Crippen LogP contribution >= 0.6 is 0 Å². The Kier molecular flexibility index (Phi) is 4.02. The van der Waals surface area contributed by atoms with Crippen molar-refractivity contribution in [3.05, 3.63) is 12.2 Å². The van der Waals surface area contributed by atoms with Crippen molar-refractivity contribution in [2.45, 2.75) is 52.0 Å². The maximum Gasteiger partial charge on any atom is 0.138 e. The van der Waals surface area contributed by atoms with Crippen LogP contribution in [0.3, 0.4) is 0 Å². The maximum absolute atomic E-state index is 5.78. The summed E-state index contributed by atoms with van der Waals surface area (Å²) in [5.41, 5.74) is 3.37. The lowest BCUT2D eigenvalue weighted by Crippen LogP contribution is -2.49. The molecule has 2 rings (SSSR count). The van der Waals surface area contributed by atoms with Gasteiger partial charge in [-0.2, -0.15) is 5.10 Å². The Morgan fingerprint density at radius 2 is 2.33 bits per heavy atom. The minimum atomic E-state index is 0.281. The number of nitrogens with one attached hydrogen (secondary N) is 1. The average molecular weight is 251 g/mol. The molecule has 1 aromatic rings. The number of nitrogens with zero attached hydrogens (tertiary/aromatic N) is 3. The molecule has 1 fully saturated rings. The van der Waals surface area contributed by atoms with E-state index in [9.17, 15) is 0 Å². The van der Waals surface area contributed by atoms with E-state index in [1.54, 1.807) is 6.33 Å². The van der Waals surface area contributed by atoms with Crippen molar-refractivity contribution in [2.24, 2.45) is 24.2 Å². The summed E-state index contributed by atoms with van der Waals surface area (Å²) in [7, 11) is 1.93. The third-order valence-corrected chi connectivity index (χ3v) is 4.50. The summed E-state index contributed by atoms with van der Waals surface area (Å²) in [5.74, 6) is 7.39. The molecule has 2 atom stereocenters. The second-order valence-corrected chi connectivity index (χ2v) is 6.12. The molecule has 0 amide bonds. The van der Waals surface area contributed by atoms with E-state index >= 15 is 0 Å². The van der Waals surface area contributed by atoms with Gasteiger partial charge in [-0.3, -0.25) is 16.0 Å². The number of hydrazine groups is 1. The van der Waals surface area contributed by atoms with Gasteiger partial charge in [0, 0.05) is 19.5 Å². The van der Waals surface area contributed by atoms with Gasteiger partial charge in [0.05, 0.1) is 0 Å². The molecular weight excluding hydrogens is 226 g/mol. The van der Waals surface area contributed by atoms with Gasteiger partial charge >= 0.3 is 0 Å². The molecule has 0 aromatic carbocycles. The van der Waals surface area contributed by atoms with Crippen LogP contribution in [-0.2, 0) is 13.5 Å². The van der Waals surface area contributed by atoms with Gasteiger partial charge in [0.25, 0.3) is 0 Å². The normalized spacial score (nSPS) is 25.0. The van der Waals surface area contributed by atoms with Gasteiger partial charge in [-0.1, -0.05) is 26.7 Å². The van der Waals surface area contributed by atoms with Crippen molar-refractivity contribution in [3.8, 4) is 0 Å². The summed E-state index contributed by atoms with van der Waals surface area (Å²) in [6.45, 7) is 4.72. The lowest BCUT2D eigenvalue weighted by molar-refractivity contribution is 0.0970. The second-order valence-electron chi connectivity index (χ2n) is 6.12. The first-order chi connectivity index (χ1) is 8.54. The van der Waals surface area contributed by atoms with Crippen LogP contribution in [0.4, 0.5) is 0 Å². The van der Waals surface area contributed by atoms with E-state index in [0.29, 0.717) is 11.3 Å². The lowest BCUT2D eigenvalue weighted by atomic mass is 9.65. The number of aromatic nitrogens is 3. The summed E-state index contributed by atoms with van der Waals surface area (Å²) in [4.78, 5) is 4.30. The van der Waals surface area contributed by atoms with Gasteiger partial charge in [-0.05, 0) is 24.2 Å². The molecule has 1 aliphatic carbocycles. The van der Waals surface area contributed by atoms with E-state index in [1.807, 2.05) is 11.7 Å². The molecule has 0 aliphatic heterocycles. The Morgan fingerprint density at radius 3 is 2.89 bits per heavy atom. The Balaban J connectivity index is 2.10. The highest BCUT2D eigenvalue weighted by molar-refractivity contribution is 4.96. The molecule has 1 heterocycles. The molecule has 102 valence electrons. The number of hydrogen-bond donors (Lipinski definition) is 2. The third-order valence-electron chi connectivity index (χ3n) is 4.50. The molecule has 0 saturated heterocycles. The van der Waals surface area contributed by atoms with Gasteiger partial charge in [0.1, 0.15) is 12.2 Å². The monoisotopic (exact) mass is 251 g/mol. The maximum atomic E-state index is 5.78. The minimum absolute atomic E-state index is 0.281. The van der Waals surface area contributed by atoms with Crippen LogP contribution in [0.5, 0.6) is 0 Å². The highest BCUT2D eigenvalue weighted by Crippen LogP contribution is 2.42. The Bertz CT molecular complexity index is 384. The number of nitrogens with two attached hydrogens (primary N) is 1. The molecular formula is C13H25N5. The molecule has 5 nitrogen and oxygen atoms in total. The van der Waals surface area contributed by atoms with E-state index in [4.69, 9.17) is 5.84 Å². The largest absolute Gasteiger partial charge is 0.271 e. The van der Waals surface area contributed by atoms with Crippen molar-refractivity contribution >= 4 is 0 Å². The van der Waals surface area contributed by atoms with E-state index in [0.717, 1.165) is 12.2 Å². The third kappa shape index (κ3) is 2.72. The number of rotatable bonds is 4. The molecule has 1 aliphatic rings. The summed E-state index contributed by atoms with van der Waals surface area (Å²) in [5, 5.41) is 4.12. The van der Waals surface area contributed by atoms with Gasteiger partial charge in [-0.25, -0.2) is 4.98 Å². The molecule has 1 saturated carbocycles. The van der Waals surface area contributed by atoms with Crippen molar-refractivity contribution in [3.63, 3.8) is 0 Å². The van der Waals surface area contributed by atoms with E-state index in [2.05, 4.69) is 29.4 Å².